The van der Waals surface area contributed by atoms with Crippen molar-refractivity contribution in [3.63, 3.8) is 0 Å². The highest BCUT2D eigenvalue weighted by Crippen LogP contribution is 2.16. The number of halogens is 2. The Morgan fingerprint density at radius 2 is 1.92 bits per heavy atom. The van der Waals surface area contributed by atoms with E-state index >= 15 is 0 Å². The van der Waals surface area contributed by atoms with Crippen molar-refractivity contribution in [3.8, 4) is 5.75 Å². The molecule has 0 saturated heterocycles. The van der Waals surface area contributed by atoms with Gasteiger partial charge in [0, 0.05) is 17.1 Å². The van der Waals surface area contributed by atoms with Crippen molar-refractivity contribution < 1.29 is 18.3 Å². The van der Waals surface area contributed by atoms with E-state index in [9.17, 15) is 13.6 Å². The molecule has 1 N–H and O–H groups in total. The highest BCUT2D eigenvalue weighted by Gasteiger charge is 2.10. The number of anilines is 1. The first-order valence-corrected chi connectivity index (χ1v) is 8.34. The van der Waals surface area contributed by atoms with E-state index in [0.717, 1.165) is 22.9 Å². The summed E-state index contributed by atoms with van der Waals surface area (Å²) in [6.45, 7) is 0.319. The quantitative estimate of drug-likeness (QED) is 0.717. The molecule has 0 radical (unpaired) electrons. The van der Waals surface area contributed by atoms with Gasteiger partial charge in [0.05, 0.1) is 12.1 Å². The number of hydrogen-bond donors (Lipinski definition) is 1. The lowest BCUT2D eigenvalue weighted by Crippen LogP contribution is -2.15. The lowest BCUT2D eigenvalue weighted by Gasteiger charge is -2.04. The Morgan fingerprint density at radius 1 is 1.12 bits per heavy atom. The molecular formula is C18H14F2N2O2S. The number of carbonyl (C=O) groups excluding carboxylic acids is 1. The van der Waals surface area contributed by atoms with Crippen molar-refractivity contribution in [3.05, 3.63) is 76.2 Å². The molecule has 0 bridgehead atoms. The van der Waals surface area contributed by atoms with E-state index in [1.54, 1.807) is 5.38 Å². The first-order chi connectivity index (χ1) is 12.1. The standard InChI is InChI=1S/C18H14F2N2O2S/c19-15-7-6-12(8-16(15)20)21-17(23)9-13-11-25-18(22-13)10-24-14-4-2-1-3-5-14/h1-8,11H,9-10H2,(H,21,23). The summed E-state index contributed by atoms with van der Waals surface area (Å²) in [5.74, 6) is -1.57. The third kappa shape index (κ3) is 4.84. The molecule has 0 aliphatic carbocycles. The van der Waals surface area contributed by atoms with E-state index in [0.29, 0.717) is 12.3 Å². The number of para-hydroxylation sites is 1. The SMILES string of the molecule is O=C(Cc1csc(COc2ccccc2)n1)Nc1ccc(F)c(F)c1. The smallest absolute Gasteiger partial charge is 0.230 e. The molecule has 3 aromatic rings. The molecule has 1 aromatic heterocycles. The van der Waals surface area contributed by atoms with Gasteiger partial charge in [-0.1, -0.05) is 18.2 Å². The van der Waals surface area contributed by atoms with Gasteiger partial charge in [-0.25, -0.2) is 13.8 Å². The number of aromatic nitrogens is 1. The number of hydrogen-bond acceptors (Lipinski definition) is 4. The van der Waals surface area contributed by atoms with Gasteiger partial charge >= 0.3 is 0 Å². The number of ether oxygens (including phenoxy) is 1. The van der Waals surface area contributed by atoms with Gasteiger partial charge in [0.15, 0.2) is 11.6 Å². The summed E-state index contributed by atoms with van der Waals surface area (Å²) >= 11 is 1.40. The summed E-state index contributed by atoms with van der Waals surface area (Å²) in [7, 11) is 0. The third-order valence-electron chi connectivity index (χ3n) is 3.25. The maximum absolute atomic E-state index is 13.1. The Bertz CT molecular complexity index is 869. The predicted molar refractivity (Wildman–Crippen MR) is 91.6 cm³/mol. The van der Waals surface area contributed by atoms with E-state index in [2.05, 4.69) is 10.3 Å². The first kappa shape index (κ1) is 17.0. The number of benzene rings is 2. The zero-order valence-electron chi connectivity index (χ0n) is 13.0. The monoisotopic (exact) mass is 360 g/mol. The van der Waals surface area contributed by atoms with E-state index < -0.39 is 11.6 Å². The highest BCUT2D eigenvalue weighted by molar-refractivity contribution is 7.09. The third-order valence-corrected chi connectivity index (χ3v) is 4.12. The second kappa shape index (κ2) is 7.85. The number of nitrogens with zero attached hydrogens (tertiary/aromatic N) is 1. The fraction of sp³-hybridized carbons (Fsp3) is 0.111. The van der Waals surface area contributed by atoms with Crippen LogP contribution in [0.5, 0.6) is 5.75 Å². The van der Waals surface area contributed by atoms with Gasteiger partial charge in [0.2, 0.25) is 5.91 Å². The topological polar surface area (TPSA) is 51.2 Å². The van der Waals surface area contributed by atoms with Crippen LogP contribution in [0.1, 0.15) is 10.7 Å². The second-order valence-electron chi connectivity index (χ2n) is 5.19. The van der Waals surface area contributed by atoms with Gasteiger partial charge in [0.25, 0.3) is 0 Å². The maximum Gasteiger partial charge on any atom is 0.230 e. The van der Waals surface area contributed by atoms with Crippen molar-refractivity contribution in [2.24, 2.45) is 0 Å². The summed E-state index contributed by atoms with van der Waals surface area (Å²) < 4.78 is 31.6. The summed E-state index contributed by atoms with van der Waals surface area (Å²) in [6, 6.07) is 12.6. The van der Waals surface area contributed by atoms with E-state index in [1.165, 1.54) is 17.4 Å². The maximum atomic E-state index is 13.1. The second-order valence-corrected chi connectivity index (χ2v) is 6.13. The van der Waals surface area contributed by atoms with Gasteiger partial charge in [-0.15, -0.1) is 11.3 Å². The Balaban J connectivity index is 1.53. The van der Waals surface area contributed by atoms with Crippen molar-refractivity contribution in [1.82, 2.24) is 4.98 Å². The molecule has 7 heteroatoms. The minimum atomic E-state index is -1.01. The predicted octanol–water partition coefficient (Wildman–Crippen LogP) is 4.18. The molecule has 0 fully saturated rings. The minimum Gasteiger partial charge on any atom is -0.486 e. The van der Waals surface area contributed by atoms with Gasteiger partial charge < -0.3 is 10.1 Å². The Labute approximate surface area is 147 Å². The van der Waals surface area contributed by atoms with Crippen LogP contribution in [0.3, 0.4) is 0 Å². The molecule has 0 aliphatic heterocycles. The van der Waals surface area contributed by atoms with Crippen LogP contribution in [0.15, 0.2) is 53.9 Å². The van der Waals surface area contributed by atoms with Crippen LogP contribution in [0.25, 0.3) is 0 Å². The van der Waals surface area contributed by atoms with Crippen molar-refractivity contribution in [1.29, 1.82) is 0 Å². The number of amides is 1. The number of thiazole rings is 1. The minimum absolute atomic E-state index is 0.0425. The Kier molecular flexibility index (Phi) is 5.35. The van der Waals surface area contributed by atoms with Crippen molar-refractivity contribution in [2.45, 2.75) is 13.0 Å². The summed E-state index contributed by atoms with van der Waals surface area (Å²) in [5.41, 5.74) is 0.795. The van der Waals surface area contributed by atoms with E-state index in [4.69, 9.17) is 4.74 Å². The highest BCUT2D eigenvalue weighted by atomic mass is 32.1. The molecular weight excluding hydrogens is 346 g/mol. The summed E-state index contributed by atoms with van der Waals surface area (Å²) in [4.78, 5) is 16.3. The molecule has 0 unspecified atom stereocenters. The fourth-order valence-electron chi connectivity index (χ4n) is 2.10. The van der Waals surface area contributed by atoms with Crippen LogP contribution in [0.2, 0.25) is 0 Å². The van der Waals surface area contributed by atoms with Crippen LogP contribution in [0.4, 0.5) is 14.5 Å². The fourth-order valence-corrected chi connectivity index (χ4v) is 2.81. The lowest BCUT2D eigenvalue weighted by atomic mass is 10.2. The van der Waals surface area contributed by atoms with E-state index in [-0.39, 0.29) is 18.0 Å². The van der Waals surface area contributed by atoms with Crippen LogP contribution in [-0.4, -0.2) is 10.9 Å². The molecule has 3 rings (SSSR count). The molecule has 0 spiro atoms. The normalized spacial score (nSPS) is 10.5. The van der Waals surface area contributed by atoms with Crippen molar-refractivity contribution in [2.75, 3.05) is 5.32 Å². The largest absolute Gasteiger partial charge is 0.486 e. The molecule has 0 saturated carbocycles. The first-order valence-electron chi connectivity index (χ1n) is 7.46. The number of nitrogens with one attached hydrogen (secondary N) is 1. The zero-order chi connectivity index (χ0) is 17.6. The average molecular weight is 360 g/mol. The zero-order valence-corrected chi connectivity index (χ0v) is 13.9. The van der Waals surface area contributed by atoms with Gasteiger partial charge in [0.1, 0.15) is 17.4 Å². The molecule has 1 heterocycles. The van der Waals surface area contributed by atoms with Crippen LogP contribution in [0, 0.1) is 11.6 Å². The van der Waals surface area contributed by atoms with Gasteiger partial charge in [-0.05, 0) is 24.3 Å². The van der Waals surface area contributed by atoms with Crippen LogP contribution >= 0.6 is 11.3 Å². The molecule has 128 valence electrons. The van der Waals surface area contributed by atoms with E-state index in [1.807, 2.05) is 30.3 Å². The molecule has 4 nitrogen and oxygen atoms in total. The number of carbonyl (C=O) groups is 1. The molecule has 0 aliphatic rings. The molecule has 1 amide bonds. The lowest BCUT2D eigenvalue weighted by molar-refractivity contribution is -0.115. The number of rotatable bonds is 6. The Morgan fingerprint density at radius 3 is 2.68 bits per heavy atom. The van der Waals surface area contributed by atoms with Crippen LogP contribution in [-0.2, 0) is 17.8 Å². The average Bonchev–Trinajstić information content (AvgIpc) is 3.04. The van der Waals surface area contributed by atoms with Crippen LogP contribution < -0.4 is 10.1 Å². The molecule has 25 heavy (non-hydrogen) atoms. The van der Waals surface area contributed by atoms with Gasteiger partial charge in [-0.2, -0.15) is 0 Å². The van der Waals surface area contributed by atoms with Crippen molar-refractivity contribution >= 4 is 22.9 Å². The summed E-state index contributed by atoms with van der Waals surface area (Å²) in [6.07, 6.45) is 0.0425. The Hall–Kier alpha value is -2.80. The summed E-state index contributed by atoms with van der Waals surface area (Å²) in [5, 5.41) is 5.04. The van der Waals surface area contributed by atoms with Gasteiger partial charge in [-0.3, -0.25) is 4.79 Å². The molecule has 2 aromatic carbocycles. The molecule has 0 atom stereocenters.